The number of nitrogens with zero attached hydrogens (tertiary/aromatic N) is 4. The number of nitro benzene ring substituents is 1. The molecule has 0 radical (unpaired) electrons. The second-order valence-corrected chi connectivity index (χ2v) is 5.50. The summed E-state index contributed by atoms with van der Waals surface area (Å²) >= 11 is 0. The summed E-state index contributed by atoms with van der Waals surface area (Å²) in [4.78, 5) is 34.3. The van der Waals surface area contributed by atoms with Crippen molar-refractivity contribution in [2.24, 2.45) is 0 Å². The molecule has 0 aliphatic heterocycles. The Balaban J connectivity index is 2.22. The van der Waals surface area contributed by atoms with E-state index in [1.807, 2.05) is 0 Å². The molecule has 0 aliphatic carbocycles. The van der Waals surface area contributed by atoms with E-state index in [1.54, 1.807) is 0 Å². The van der Waals surface area contributed by atoms with E-state index in [0.29, 0.717) is 10.6 Å². The number of hydrogen-bond acceptors (Lipinski definition) is 6. The van der Waals surface area contributed by atoms with E-state index in [4.69, 9.17) is 0 Å². The average Bonchev–Trinajstić information content (AvgIpc) is 3.09. The average molecular weight is 400 g/mol. The van der Waals surface area contributed by atoms with Gasteiger partial charge in [0.15, 0.2) is 5.69 Å². The molecule has 1 amide bonds. The van der Waals surface area contributed by atoms with Crippen molar-refractivity contribution in [2.75, 3.05) is 19.7 Å². The van der Waals surface area contributed by atoms with Gasteiger partial charge < -0.3 is 9.64 Å². The maximum Gasteiger partial charge on any atom is 0.406 e. The molecule has 0 spiro atoms. The topological polar surface area (TPSA) is 108 Å². The lowest BCUT2D eigenvalue weighted by atomic mass is 10.3. The van der Waals surface area contributed by atoms with E-state index in [0.717, 1.165) is 0 Å². The van der Waals surface area contributed by atoms with Crippen LogP contribution < -0.4 is 0 Å². The van der Waals surface area contributed by atoms with Crippen LogP contribution in [-0.2, 0) is 9.53 Å². The number of carbonyl (C=O) groups is 2. The van der Waals surface area contributed by atoms with Gasteiger partial charge in [-0.25, -0.2) is 4.68 Å². The summed E-state index contributed by atoms with van der Waals surface area (Å²) in [7, 11) is 0. The molecular formula is C16H15F3N4O5. The number of halogens is 3. The molecule has 0 saturated carbocycles. The molecule has 1 aromatic carbocycles. The highest BCUT2D eigenvalue weighted by Crippen LogP contribution is 2.19. The molecule has 2 rings (SSSR count). The van der Waals surface area contributed by atoms with Crippen LogP contribution in [0.5, 0.6) is 0 Å². The van der Waals surface area contributed by atoms with Crippen molar-refractivity contribution in [3.8, 4) is 5.69 Å². The van der Waals surface area contributed by atoms with E-state index in [9.17, 15) is 32.9 Å². The molecule has 0 fully saturated rings. The first-order valence-electron chi connectivity index (χ1n) is 7.93. The number of esters is 1. The van der Waals surface area contributed by atoms with Gasteiger partial charge in [0.2, 0.25) is 0 Å². The first-order chi connectivity index (χ1) is 13.1. The quantitative estimate of drug-likeness (QED) is 0.401. The lowest BCUT2D eigenvalue weighted by molar-refractivity contribution is -0.384. The van der Waals surface area contributed by atoms with Crippen LogP contribution in [0.1, 0.15) is 17.4 Å². The van der Waals surface area contributed by atoms with Gasteiger partial charge >= 0.3 is 12.1 Å². The highest BCUT2D eigenvalue weighted by atomic mass is 19.4. The third kappa shape index (κ3) is 5.53. The number of non-ortho nitro benzene ring substituents is 1. The molecule has 9 nitrogen and oxygen atoms in total. The predicted octanol–water partition coefficient (Wildman–Crippen LogP) is 2.35. The fourth-order valence-electron chi connectivity index (χ4n) is 2.25. The smallest absolute Gasteiger partial charge is 0.406 e. The maximum atomic E-state index is 12.8. The fourth-order valence-corrected chi connectivity index (χ4v) is 2.25. The van der Waals surface area contributed by atoms with Crippen molar-refractivity contribution in [2.45, 2.75) is 13.1 Å². The summed E-state index contributed by atoms with van der Waals surface area (Å²) in [5.74, 6) is -2.08. The van der Waals surface area contributed by atoms with Gasteiger partial charge in [0.25, 0.3) is 11.6 Å². The lowest BCUT2D eigenvalue weighted by Gasteiger charge is -2.22. The van der Waals surface area contributed by atoms with Crippen molar-refractivity contribution >= 4 is 17.6 Å². The SMILES string of the molecule is CCOC(=O)CN(CC(F)(F)F)C(=O)c1ccn(-c2ccc([N+](=O)[O-])cc2)n1. The number of benzene rings is 1. The van der Waals surface area contributed by atoms with Crippen molar-refractivity contribution in [3.63, 3.8) is 0 Å². The Morgan fingerprint density at radius 1 is 1.25 bits per heavy atom. The third-order valence-electron chi connectivity index (χ3n) is 3.42. The monoisotopic (exact) mass is 400 g/mol. The van der Waals surface area contributed by atoms with Crippen molar-refractivity contribution < 1.29 is 32.4 Å². The van der Waals surface area contributed by atoms with Crippen molar-refractivity contribution in [1.82, 2.24) is 14.7 Å². The first-order valence-corrected chi connectivity index (χ1v) is 7.93. The second-order valence-electron chi connectivity index (χ2n) is 5.50. The summed E-state index contributed by atoms with van der Waals surface area (Å²) in [5.41, 5.74) is -0.123. The van der Waals surface area contributed by atoms with Crippen LogP contribution in [0.4, 0.5) is 18.9 Å². The standard InChI is InChI=1S/C16H15F3N4O5/c1-2-28-14(24)9-21(10-16(17,18)19)15(25)13-7-8-22(20-13)11-3-5-12(6-4-11)23(26)27/h3-8H,2,9-10H2,1H3. The van der Waals surface area contributed by atoms with Crippen LogP contribution in [0, 0.1) is 10.1 Å². The zero-order valence-corrected chi connectivity index (χ0v) is 14.5. The van der Waals surface area contributed by atoms with Crippen LogP contribution in [0.3, 0.4) is 0 Å². The second kappa shape index (κ2) is 8.50. The zero-order chi connectivity index (χ0) is 20.9. The van der Waals surface area contributed by atoms with Gasteiger partial charge in [-0.15, -0.1) is 0 Å². The van der Waals surface area contributed by atoms with Crippen molar-refractivity contribution in [3.05, 3.63) is 52.3 Å². The molecular weight excluding hydrogens is 385 g/mol. The van der Waals surface area contributed by atoms with E-state index >= 15 is 0 Å². The number of rotatable bonds is 7. The van der Waals surface area contributed by atoms with Gasteiger partial charge in [-0.1, -0.05) is 0 Å². The van der Waals surface area contributed by atoms with Crippen LogP contribution >= 0.6 is 0 Å². The van der Waals surface area contributed by atoms with Gasteiger partial charge in [0.05, 0.1) is 17.2 Å². The molecule has 0 atom stereocenters. The first kappa shape index (κ1) is 20.9. The highest BCUT2D eigenvalue weighted by molar-refractivity contribution is 5.94. The van der Waals surface area contributed by atoms with E-state index in [1.165, 1.54) is 48.1 Å². The predicted molar refractivity (Wildman–Crippen MR) is 88.8 cm³/mol. The third-order valence-corrected chi connectivity index (χ3v) is 3.42. The number of hydrogen-bond donors (Lipinski definition) is 0. The molecule has 0 saturated heterocycles. The largest absolute Gasteiger partial charge is 0.465 e. The minimum Gasteiger partial charge on any atom is -0.465 e. The molecule has 1 aromatic heterocycles. The van der Waals surface area contributed by atoms with E-state index in [-0.39, 0.29) is 18.0 Å². The minimum atomic E-state index is -4.72. The van der Waals surface area contributed by atoms with Crippen LogP contribution in [0.25, 0.3) is 5.69 Å². The number of nitro groups is 1. The summed E-state index contributed by atoms with van der Waals surface area (Å²) in [6.07, 6.45) is -3.41. The fraction of sp³-hybridized carbons (Fsp3) is 0.312. The number of aromatic nitrogens is 2. The van der Waals surface area contributed by atoms with Gasteiger partial charge in [0, 0.05) is 18.3 Å². The molecule has 0 N–H and O–H groups in total. The minimum absolute atomic E-state index is 0.0400. The Kier molecular flexibility index (Phi) is 6.33. The lowest BCUT2D eigenvalue weighted by Crippen LogP contribution is -2.42. The Labute approximate surface area is 156 Å². The normalized spacial score (nSPS) is 11.1. The summed E-state index contributed by atoms with van der Waals surface area (Å²) in [5, 5.41) is 14.6. The molecule has 2 aromatic rings. The Morgan fingerprint density at radius 3 is 2.43 bits per heavy atom. The number of ether oxygens (including phenoxy) is 1. The Morgan fingerprint density at radius 2 is 1.89 bits per heavy atom. The summed E-state index contributed by atoms with van der Waals surface area (Å²) < 4.78 is 44.1. The summed E-state index contributed by atoms with van der Waals surface area (Å²) in [6.45, 7) is -1.08. The Hall–Kier alpha value is -3.44. The molecule has 28 heavy (non-hydrogen) atoms. The number of alkyl halides is 3. The summed E-state index contributed by atoms with van der Waals surface area (Å²) in [6, 6.07) is 6.35. The molecule has 0 aliphatic rings. The van der Waals surface area contributed by atoms with Gasteiger partial charge in [-0.3, -0.25) is 19.7 Å². The van der Waals surface area contributed by atoms with Gasteiger partial charge in [0.1, 0.15) is 13.1 Å². The number of amides is 1. The molecule has 0 bridgehead atoms. The zero-order valence-electron chi connectivity index (χ0n) is 14.5. The van der Waals surface area contributed by atoms with E-state index in [2.05, 4.69) is 9.84 Å². The molecule has 12 heteroatoms. The maximum absolute atomic E-state index is 12.8. The van der Waals surface area contributed by atoms with E-state index < -0.39 is 36.1 Å². The molecule has 1 heterocycles. The number of carbonyl (C=O) groups excluding carboxylic acids is 2. The van der Waals surface area contributed by atoms with Crippen molar-refractivity contribution in [1.29, 1.82) is 0 Å². The molecule has 0 unspecified atom stereocenters. The highest BCUT2D eigenvalue weighted by Gasteiger charge is 2.35. The van der Waals surface area contributed by atoms with Gasteiger partial charge in [-0.05, 0) is 25.1 Å². The van der Waals surface area contributed by atoms with Crippen LogP contribution in [0.2, 0.25) is 0 Å². The van der Waals surface area contributed by atoms with Crippen LogP contribution in [-0.4, -0.2) is 57.4 Å². The Bertz CT molecular complexity index is 864. The van der Waals surface area contributed by atoms with Crippen LogP contribution in [0.15, 0.2) is 36.5 Å². The van der Waals surface area contributed by atoms with Gasteiger partial charge in [-0.2, -0.15) is 18.3 Å². The molecule has 150 valence electrons.